The number of nitrogens with zero attached hydrogens (tertiary/aromatic N) is 6. The van der Waals surface area contributed by atoms with Crippen LogP contribution < -0.4 is 4.90 Å². The fraction of sp³-hybridized carbons (Fsp3) is 0.421. The maximum Gasteiger partial charge on any atom is 0.166 e. The van der Waals surface area contributed by atoms with E-state index >= 15 is 0 Å². The van der Waals surface area contributed by atoms with Crippen LogP contribution in [0.15, 0.2) is 24.3 Å². The SMILES string of the molecule is Cc1nc(N2CCN(C)CC2)c2nc(-c3ccccc3Cl)n(CCO)c2n1.Cl. The predicted molar refractivity (Wildman–Crippen MR) is 115 cm³/mol. The number of anilines is 1. The Morgan fingerprint density at radius 2 is 1.79 bits per heavy atom. The summed E-state index contributed by atoms with van der Waals surface area (Å²) in [5, 5.41) is 10.2. The number of rotatable bonds is 4. The zero-order valence-electron chi connectivity index (χ0n) is 16.0. The Morgan fingerprint density at radius 1 is 1.07 bits per heavy atom. The molecule has 0 aliphatic carbocycles. The van der Waals surface area contributed by atoms with Crippen molar-refractivity contribution in [2.45, 2.75) is 13.5 Å². The summed E-state index contributed by atoms with van der Waals surface area (Å²) < 4.78 is 1.94. The zero-order valence-corrected chi connectivity index (χ0v) is 17.5. The van der Waals surface area contributed by atoms with Crippen molar-refractivity contribution in [1.82, 2.24) is 24.4 Å². The highest BCUT2D eigenvalue weighted by atomic mass is 35.5. The van der Waals surface area contributed by atoms with Gasteiger partial charge in [0, 0.05) is 38.3 Å². The molecule has 0 bridgehead atoms. The molecule has 0 atom stereocenters. The molecule has 9 heteroatoms. The summed E-state index contributed by atoms with van der Waals surface area (Å²) >= 11 is 6.43. The topological polar surface area (TPSA) is 70.3 Å². The van der Waals surface area contributed by atoms with E-state index in [1.54, 1.807) is 0 Å². The largest absolute Gasteiger partial charge is 0.395 e. The lowest BCUT2D eigenvalue weighted by molar-refractivity contribution is 0.278. The Balaban J connectivity index is 0.00000225. The number of aromatic nitrogens is 4. The molecule has 7 nitrogen and oxygen atoms in total. The van der Waals surface area contributed by atoms with Gasteiger partial charge in [0.25, 0.3) is 0 Å². The average Bonchev–Trinajstić information content (AvgIpc) is 3.01. The summed E-state index contributed by atoms with van der Waals surface area (Å²) in [5.41, 5.74) is 2.32. The van der Waals surface area contributed by atoms with Crippen molar-refractivity contribution in [3.8, 4) is 11.4 Å². The van der Waals surface area contributed by atoms with Crippen molar-refractivity contribution in [2.24, 2.45) is 0 Å². The average molecular weight is 423 g/mol. The van der Waals surface area contributed by atoms with Gasteiger partial charge in [-0.1, -0.05) is 23.7 Å². The summed E-state index contributed by atoms with van der Waals surface area (Å²) in [6.45, 7) is 6.06. The Bertz CT molecular complexity index is 968. The third kappa shape index (κ3) is 3.80. The van der Waals surface area contributed by atoms with Gasteiger partial charge in [0.05, 0.1) is 11.6 Å². The first-order valence-electron chi connectivity index (χ1n) is 9.12. The summed E-state index contributed by atoms with van der Waals surface area (Å²) in [7, 11) is 2.13. The summed E-state index contributed by atoms with van der Waals surface area (Å²) in [6.07, 6.45) is 0. The first kappa shape index (κ1) is 20.8. The molecule has 1 N–H and O–H groups in total. The molecule has 0 spiro atoms. The molecule has 1 aromatic carbocycles. The quantitative estimate of drug-likeness (QED) is 0.696. The molecule has 3 aromatic rings. The normalized spacial score (nSPS) is 15.1. The fourth-order valence-electron chi connectivity index (χ4n) is 3.49. The smallest absolute Gasteiger partial charge is 0.166 e. The maximum absolute atomic E-state index is 9.61. The zero-order chi connectivity index (χ0) is 19.0. The van der Waals surface area contributed by atoms with E-state index in [2.05, 4.69) is 21.8 Å². The molecule has 150 valence electrons. The highest BCUT2D eigenvalue weighted by Crippen LogP contribution is 2.32. The molecule has 1 aliphatic heterocycles. The number of imidazole rings is 1. The van der Waals surface area contributed by atoms with Crippen LogP contribution in [0.2, 0.25) is 5.02 Å². The van der Waals surface area contributed by atoms with E-state index in [1.807, 2.05) is 35.8 Å². The number of hydrogen-bond acceptors (Lipinski definition) is 6. The van der Waals surface area contributed by atoms with E-state index < -0.39 is 0 Å². The van der Waals surface area contributed by atoms with E-state index in [9.17, 15) is 5.11 Å². The standard InChI is InChI=1S/C19H23ClN6O.ClH/c1-13-21-18(25-9-7-24(2)8-10-25)16-19(22-13)26(11-12-27)17(23-16)14-5-3-4-6-15(14)20;/h3-6,27H,7-12H2,1-2H3;1H. The van der Waals surface area contributed by atoms with E-state index in [0.717, 1.165) is 48.7 Å². The molecule has 1 aliphatic rings. The Morgan fingerprint density at radius 3 is 2.46 bits per heavy atom. The van der Waals surface area contributed by atoms with Crippen LogP contribution in [0.1, 0.15) is 5.82 Å². The number of piperazine rings is 1. The minimum atomic E-state index is -0.00416. The number of likely N-dealkylation sites (N-methyl/N-ethyl adjacent to an activating group) is 1. The third-order valence-electron chi connectivity index (χ3n) is 4.93. The van der Waals surface area contributed by atoms with Crippen LogP contribution in [0.25, 0.3) is 22.6 Å². The van der Waals surface area contributed by atoms with Crippen molar-refractivity contribution < 1.29 is 5.11 Å². The molecule has 1 fully saturated rings. The first-order chi connectivity index (χ1) is 13.1. The van der Waals surface area contributed by atoms with Crippen LogP contribution >= 0.6 is 24.0 Å². The van der Waals surface area contributed by atoms with Crippen LogP contribution in [-0.4, -0.2) is 69.4 Å². The molecule has 28 heavy (non-hydrogen) atoms. The second-order valence-corrected chi connectivity index (χ2v) is 7.25. The lowest BCUT2D eigenvalue weighted by Gasteiger charge is -2.33. The van der Waals surface area contributed by atoms with Gasteiger partial charge in [-0.25, -0.2) is 15.0 Å². The predicted octanol–water partition coefficient (Wildman–Crippen LogP) is 2.62. The van der Waals surface area contributed by atoms with Gasteiger partial charge in [-0.15, -0.1) is 12.4 Å². The monoisotopic (exact) mass is 422 g/mol. The van der Waals surface area contributed by atoms with Crippen molar-refractivity contribution in [1.29, 1.82) is 0 Å². The Kier molecular flexibility index (Phi) is 6.40. The highest BCUT2D eigenvalue weighted by molar-refractivity contribution is 6.33. The lowest BCUT2D eigenvalue weighted by Crippen LogP contribution is -2.45. The number of halogens is 2. The van der Waals surface area contributed by atoms with Crippen molar-refractivity contribution >= 4 is 41.0 Å². The van der Waals surface area contributed by atoms with Crippen LogP contribution in [0.4, 0.5) is 5.82 Å². The molecule has 3 heterocycles. The summed E-state index contributed by atoms with van der Waals surface area (Å²) in [4.78, 5) is 18.8. The minimum absolute atomic E-state index is 0. The molecule has 0 saturated carbocycles. The molecule has 2 aromatic heterocycles. The molecule has 1 saturated heterocycles. The van der Waals surface area contributed by atoms with E-state index in [1.165, 1.54) is 0 Å². The first-order valence-corrected chi connectivity index (χ1v) is 9.50. The highest BCUT2D eigenvalue weighted by Gasteiger charge is 2.24. The molecule has 4 rings (SSSR count). The van der Waals surface area contributed by atoms with E-state index in [0.29, 0.717) is 23.2 Å². The molecular weight excluding hydrogens is 399 g/mol. The maximum atomic E-state index is 9.61. The van der Waals surface area contributed by atoms with E-state index in [4.69, 9.17) is 21.6 Å². The van der Waals surface area contributed by atoms with Gasteiger partial charge >= 0.3 is 0 Å². The second kappa shape index (κ2) is 8.61. The van der Waals surface area contributed by atoms with Crippen molar-refractivity contribution in [2.75, 3.05) is 44.7 Å². The molecule has 0 radical (unpaired) electrons. The number of aliphatic hydroxyl groups is 1. The van der Waals surface area contributed by atoms with Gasteiger partial charge < -0.3 is 19.5 Å². The number of aliphatic hydroxyl groups excluding tert-OH is 1. The number of fused-ring (bicyclic) bond motifs is 1. The van der Waals surface area contributed by atoms with Crippen LogP contribution in [0, 0.1) is 6.92 Å². The van der Waals surface area contributed by atoms with Gasteiger partial charge in [-0.05, 0) is 26.1 Å². The number of benzene rings is 1. The van der Waals surface area contributed by atoms with Crippen molar-refractivity contribution in [3.63, 3.8) is 0 Å². The van der Waals surface area contributed by atoms with Crippen LogP contribution in [0.5, 0.6) is 0 Å². The van der Waals surface area contributed by atoms with Gasteiger partial charge in [0.15, 0.2) is 17.0 Å². The van der Waals surface area contributed by atoms with Crippen LogP contribution in [0.3, 0.4) is 0 Å². The fourth-order valence-corrected chi connectivity index (χ4v) is 3.71. The van der Waals surface area contributed by atoms with Gasteiger partial charge in [0.1, 0.15) is 11.6 Å². The second-order valence-electron chi connectivity index (χ2n) is 6.85. The summed E-state index contributed by atoms with van der Waals surface area (Å²) in [5.74, 6) is 2.26. The minimum Gasteiger partial charge on any atom is -0.395 e. The van der Waals surface area contributed by atoms with Crippen LogP contribution in [-0.2, 0) is 6.54 Å². The third-order valence-corrected chi connectivity index (χ3v) is 5.26. The number of hydrogen-bond donors (Lipinski definition) is 1. The van der Waals surface area contributed by atoms with E-state index in [-0.39, 0.29) is 19.0 Å². The number of aryl methyl sites for hydroxylation is 1. The molecule has 0 amide bonds. The Hall–Kier alpha value is -1.93. The Labute approximate surface area is 175 Å². The summed E-state index contributed by atoms with van der Waals surface area (Å²) in [6, 6.07) is 7.61. The van der Waals surface area contributed by atoms with Gasteiger partial charge in [-0.3, -0.25) is 0 Å². The molecular formula is C19H24Cl2N6O. The molecule has 0 unspecified atom stereocenters. The van der Waals surface area contributed by atoms with Gasteiger partial charge in [0.2, 0.25) is 0 Å². The van der Waals surface area contributed by atoms with Gasteiger partial charge in [-0.2, -0.15) is 0 Å². The lowest BCUT2D eigenvalue weighted by atomic mass is 10.2. The van der Waals surface area contributed by atoms with Crippen molar-refractivity contribution in [3.05, 3.63) is 35.1 Å².